The average Bonchev–Trinajstić information content (AvgIpc) is 3.19. The zero-order chi connectivity index (χ0) is 37.9. The van der Waals surface area contributed by atoms with Crippen LogP contribution in [0.3, 0.4) is 0 Å². The first-order chi connectivity index (χ1) is 26.4. The molecule has 0 aliphatic rings. The van der Waals surface area contributed by atoms with Crippen molar-refractivity contribution in [3.8, 4) is 11.1 Å². The smallest absolute Gasteiger partial charge is 0.329 e. The van der Waals surface area contributed by atoms with Gasteiger partial charge in [0.05, 0.1) is 32.6 Å². The van der Waals surface area contributed by atoms with Gasteiger partial charge in [-0.05, 0) is 94.3 Å². The molecule has 54 heavy (non-hydrogen) atoms. The molecule has 6 nitrogen and oxygen atoms in total. The fourth-order valence-corrected chi connectivity index (χ4v) is 9.34. The third-order valence-electron chi connectivity index (χ3n) is 8.92. The number of hydrogen-bond acceptors (Lipinski definition) is 6. The molecule has 0 heterocycles. The van der Waals surface area contributed by atoms with E-state index in [4.69, 9.17) is 18.1 Å². The second-order valence-electron chi connectivity index (χ2n) is 12.5. The highest BCUT2D eigenvalue weighted by atomic mass is 31.2. The molecule has 0 radical (unpaired) electrons. The molecule has 276 valence electrons. The van der Waals surface area contributed by atoms with Crippen LogP contribution in [-0.4, -0.2) is 32.0 Å². The van der Waals surface area contributed by atoms with Gasteiger partial charge in [-0.2, -0.15) is 0 Å². The highest BCUT2D eigenvalue weighted by Crippen LogP contribution is 2.51. The summed E-state index contributed by atoms with van der Waals surface area (Å²) in [4.78, 5) is 13.1. The molecular weight excluding hydrogens is 710 g/mol. The molecule has 6 rings (SSSR count). The first-order valence-corrected chi connectivity index (χ1v) is 21.3. The number of benzene rings is 6. The molecule has 8 heteroatoms. The molecular formula is C46H46O6P2. The predicted octanol–water partition coefficient (Wildman–Crippen LogP) is 13.3. The molecule has 0 aromatic heterocycles. The Labute approximate surface area is 319 Å². The molecule has 0 N–H and O–H groups in total. The Balaban J connectivity index is 1.40. The molecule has 0 spiro atoms. The van der Waals surface area contributed by atoms with Gasteiger partial charge in [-0.3, -0.25) is 9.36 Å². The van der Waals surface area contributed by atoms with Crippen molar-refractivity contribution >= 4 is 67.3 Å². The van der Waals surface area contributed by atoms with Crippen LogP contribution in [0, 0.1) is 0 Å². The highest BCUT2D eigenvalue weighted by molar-refractivity contribution is 7.66. The van der Waals surface area contributed by atoms with Crippen LogP contribution in [0.1, 0.15) is 65.9 Å². The van der Waals surface area contributed by atoms with Gasteiger partial charge >= 0.3 is 7.60 Å². The van der Waals surface area contributed by atoms with Crippen molar-refractivity contribution in [2.75, 3.05) is 26.4 Å². The Morgan fingerprint density at radius 1 is 0.593 bits per heavy atom. The van der Waals surface area contributed by atoms with E-state index in [1.807, 2.05) is 76.2 Å². The maximum Gasteiger partial charge on any atom is 0.335 e. The predicted molar refractivity (Wildman–Crippen MR) is 227 cm³/mol. The van der Waals surface area contributed by atoms with Gasteiger partial charge in [0.1, 0.15) is 0 Å². The van der Waals surface area contributed by atoms with Gasteiger partial charge < -0.3 is 18.1 Å². The van der Waals surface area contributed by atoms with E-state index in [0.29, 0.717) is 32.0 Å². The Kier molecular flexibility index (Phi) is 13.6. The van der Waals surface area contributed by atoms with E-state index in [1.165, 1.54) is 16.3 Å². The molecule has 6 aromatic carbocycles. The Bertz CT molecular complexity index is 2290. The van der Waals surface area contributed by atoms with Gasteiger partial charge in [0.15, 0.2) is 0 Å². The van der Waals surface area contributed by atoms with Crippen molar-refractivity contribution < 1.29 is 27.5 Å². The summed E-state index contributed by atoms with van der Waals surface area (Å²) >= 11 is 0. The largest absolute Gasteiger partial charge is 0.335 e. The number of fused-ring (bicyclic) bond motifs is 2. The second-order valence-corrected chi connectivity index (χ2v) is 16.0. The minimum Gasteiger partial charge on any atom is -0.329 e. The summed E-state index contributed by atoms with van der Waals surface area (Å²) in [7, 11) is -4.84. The number of rotatable bonds is 17. The lowest BCUT2D eigenvalue weighted by molar-refractivity contribution is 0.104. The lowest BCUT2D eigenvalue weighted by Gasteiger charge is -2.17. The Hall–Kier alpha value is -4.51. The quantitative estimate of drug-likeness (QED) is 0.0682. The summed E-state index contributed by atoms with van der Waals surface area (Å²) in [6.07, 6.45) is 8.73. The van der Waals surface area contributed by atoms with Gasteiger partial charge in [-0.15, -0.1) is 0 Å². The van der Waals surface area contributed by atoms with Crippen LogP contribution in [0.4, 0.5) is 0 Å². The number of carbonyl (C=O) groups is 1. The second kappa shape index (κ2) is 18.7. The summed E-state index contributed by atoms with van der Waals surface area (Å²) in [5, 5.41) is 4.67. The molecule has 0 fully saturated rings. The molecule has 0 bridgehead atoms. The van der Waals surface area contributed by atoms with Gasteiger partial charge in [0, 0.05) is 5.56 Å². The zero-order valence-corrected chi connectivity index (χ0v) is 33.0. The maximum atomic E-state index is 13.1. The van der Waals surface area contributed by atoms with E-state index >= 15 is 0 Å². The van der Waals surface area contributed by atoms with Gasteiger partial charge in [0.2, 0.25) is 13.9 Å². The molecule has 6 aromatic rings. The van der Waals surface area contributed by atoms with E-state index in [9.17, 15) is 9.36 Å². The summed E-state index contributed by atoms with van der Waals surface area (Å²) in [5.74, 6) is 0. The SMILES string of the molecule is CCOP(OCC)C(=O)c1ccc(C=Cc2cc(-c3cccc4ccccc34)c3ccccc3c2C=Cc2ccc(CP(=O)(OCC)OCC)cc2)cc1. The monoisotopic (exact) mass is 756 g/mol. The van der Waals surface area contributed by atoms with Crippen LogP contribution in [0.15, 0.2) is 121 Å². The van der Waals surface area contributed by atoms with Crippen molar-refractivity contribution in [2.45, 2.75) is 33.9 Å². The van der Waals surface area contributed by atoms with Crippen molar-refractivity contribution in [3.05, 3.63) is 155 Å². The fraction of sp³-hybridized carbons (Fsp3) is 0.196. The molecule has 0 amide bonds. The van der Waals surface area contributed by atoms with Crippen molar-refractivity contribution in [1.29, 1.82) is 0 Å². The Morgan fingerprint density at radius 2 is 1.17 bits per heavy atom. The van der Waals surface area contributed by atoms with Crippen molar-refractivity contribution in [2.24, 2.45) is 0 Å². The van der Waals surface area contributed by atoms with Crippen LogP contribution >= 0.6 is 16.0 Å². The van der Waals surface area contributed by atoms with E-state index < -0.39 is 16.0 Å². The minimum absolute atomic E-state index is 0.128. The summed E-state index contributed by atoms with van der Waals surface area (Å²) in [5.41, 5.74) is 7.76. The van der Waals surface area contributed by atoms with E-state index in [1.54, 1.807) is 0 Å². The average molecular weight is 757 g/mol. The number of carbonyl (C=O) groups excluding carboxylic acids is 1. The molecule has 0 saturated carbocycles. The highest BCUT2D eigenvalue weighted by Gasteiger charge is 2.24. The van der Waals surface area contributed by atoms with Crippen molar-refractivity contribution in [1.82, 2.24) is 0 Å². The van der Waals surface area contributed by atoms with Crippen LogP contribution in [0.25, 0.3) is 57.0 Å². The van der Waals surface area contributed by atoms with Gasteiger partial charge in [-0.1, -0.05) is 140 Å². The lowest BCUT2D eigenvalue weighted by Crippen LogP contribution is -2.03. The third-order valence-corrected chi connectivity index (χ3v) is 12.6. The van der Waals surface area contributed by atoms with Gasteiger partial charge in [0.25, 0.3) is 0 Å². The molecule has 0 aliphatic carbocycles. The zero-order valence-electron chi connectivity index (χ0n) is 31.2. The summed E-state index contributed by atoms with van der Waals surface area (Å²) in [6.45, 7) is 8.86. The summed E-state index contributed by atoms with van der Waals surface area (Å²) < 4.78 is 35.4. The van der Waals surface area contributed by atoms with Crippen LogP contribution in [-0.2, 0) is 28.8 Å². The maximum absolute atomic E-state index is 13.1. The topological polar surface area (TPSA) is 71.1 Å². The molecule has 0 saturated heterocycles. The Morgan fingerprint density at radius 3 is 1.81 bits per heavy atom. The first-order valence-electron chi connectivity index (χ1n) is 18.4. The van der Waals surface area contributed by atoms with E-state index in [0.717, 1.165) is 44.2 Å². The van der Waals surface area contributed by atoms with Crippen molar-refractivity contribution in [3.63, 3.8) is 0 Å². The van der Waals surface area contributed by atoms with Crippen LogP contribution in [0.5, 0.6) is 0 Å². The number of hydrogen-bond donors (Lipinski definition) is 0. The van der Waals surface area contributed by atoms with E-state index in [2.05, 4.69) is 97.1 Å². The third kappa shape index (κ3) is 9.40. The first kappa shape index (κ1) is 39.2. The fourth-order valence-electron chi connectivity index (χ4n) is 6.50. The minimum atomic E-state index is -3.20. The summed E-state index contributed by atoms with van der Waals surface area (Å²) in [6, 6.07) is 41.4. The van der Waals surface area contributed by atoms with Crippen LogP contribution in [0.2, 0.25) is 0 Å². The lowest BCUT2D eigenvalue weighted by atomic mass is 9.88. The molecule has 0 atom stereocenters. The molecule has 0 unspecified atom stereocenters. The van der Waals surface area contributed by atoms with Gasteiger partial charge in [-0.25, -0.2) is 0 Å². The standard InChI is InChI=1S/C46H46O6P2/c1-5-49-53(50-6-2)46(47)38-28-24-35(25-29-38)26-30-39-32-45(43-19-13-15-37-14-9-10-16-40(37)43)44-18-12-11-17-42(44)41(39)31-27-34-20-22-36(23-21-34)33-54(48,51-7-3)52-8-4/h9-32H,5-8,33H2,1-4H3. The van der Waals surface area contributed by atoms with Crippen LogP contribution < -0.4 is 0 Å². The normalized spacial score (nSPS) is 12.2. The van der Waals surface area contributed by atoms with E-state index in [-0.39, 0.29) is 11.7 Å². The molecule has 0 aliphatic heterocycles.